The molecule has 18 heavy (non-hydrogen) atoms. The molecule has 0 heterocycles. The van der Waals surface area contributed by atoms with Crippen LogP contribution in [0.25, 0.3) is 0 Å². The molecule has 0 amide bonds. The van der Waals surface area contributed by atoms with Gasteiger partial charge in [0.25, 0.3) is 0 Å². The fraction of sp³-hybridized carbons (Fsp3) is 0.429. The van der Waals surface area contributed by atoms with E-state index in [4.69, 9.17) is 15.6 Å². The highest BCUT2D eigenvalue weighted by atomic mass is 32.2. The van der Waals surface area contributed by atoms with E-state index < -0.39 is 0 Å². The molecule has 0 aliphatic carbocycles. The van der Waals surface area contributed by atoms with E-state index in [1.54, 1.807) is 18.9 Å². The summed E-state index contributed by atoms with van der Waals surface area (Å²) in [4.78, 5) is 0. The first kappa shape index (κ1) is 14.9. The molecule has 3 N–H and O–H groups in total. The van der Waals surface area contributed by atoms with Crippen LogP contribution in [0.15, 0.2) is 18.2 Å². The molecule has 0 spiro atoms. The summed E-state index contributed by atoms with van der Waals surface area (Å²) in [6.45, 7) is 2.53. The van der Waals surface area contributed by atoms with E-state index in [0.717, 1.165) is 22.6 Å². The van der Waals surface area contributed by atoms with Gasteiger partial charge in [-0.25, -0.2) is 0 Å². The van der Waals surface area contributed by atoms with E-state index in [1.165, 1.54) is 0 Å². The minimum atomic E-state index is 0.180. The average Bonchev–Trinajstić information content (AvgIpc) is 2.42. The zero-order chi connectivity index (χ0) is 13.4. The first-order valence-electron chi connectivity index (χ1n) is 5.79. The van der Waals surface area contributed by atoms with Gasteiger partial charge in [0.2, 0.25) is 0 Å². The molecule has 0 aromatic heterocycles. The Balaban J connectivity index is 2.84. The Morgan fingerprint density at radius 3 is 2.89 bits per heavy atom. The quantitative estimate of drug-likeness (QED) is 0.794. The fourth-order valence-corrected chi connectivity index (χ4v) is 2.20. The van der Waals surface area contributed by atoms with Gasteiger partial charge in [-0.05, 0) is 18.2 Å². The minimum absolute atomic E-state index is 0.180. The van der Waals surface area contributed by atoms with Crippen molar-refractivity contribution in [1.82, 2.24) is 0 Å². The molecule has 0 saturated heterocycles. The summed E-state index contributed by atoms with van der Waals surface area (Å²) in [5.74, 6) is 7.49. The maximum atomic E-state index is 9.02. The molecule has 1 aromatic rings. The molecular weight excluding hydrogens is 246 g/mol. The van der Waals surface area contributed by atoms with Crippen molar-refractivity contribution in [3.63, 3.8) is 0 Å². The van der Waals surface area contributed by atoms with Gasteiger partial charge in [-0.3, -0.25) is 0 Å². The zero-order valence-electron chi connectivity index (χ0n) is 10.8. The van der Waals surface area contributed by atoms with Crippen LogP contribution in [0.5, 0.6) is 5.75 Å². The number of methoxy groups -OCH3 is 1. The van der Waals surface area contributed by atoms with E-state index in [1.807, 2.05) is 25.1 Å². The van der Waals surface area contributed by atoms with Crippen molar-refractivity contribution in [3.8, 4) is 17.6 Å². The van der Waals surface area contributed by atoms with Crippen molar-refractivity contribution in [2.75, 3.05) is 20.3 Å². The summed E-state index contributed by atoms with van der Waals surface area (Å²) in [6.07, 6.45) is 0. The molecule has 0 radical (unpaired) electrons. The molecule has 1 rings (SSSR count). The van der Waals surface area contributed by atoms with E-state index in [2.05, 4.69) is 11.8 Å². The minimum Gasteiger partial charge on any atom is -0.496 e. The number of benzene rings is 1. The van der Waals surface area contributed by atoms with Crippen molar-refractivity contribution in [1.29, 1.82) is 0 Å². The van der Waals surface area contributed by atoms with Gasteiger partial charge in [0.05, 0.1) is 20.3 Å². The Labute approximate surface area is 113 Å². The van der Waals surface area contributed by atoms with E-state index in [9.17, 15) is 0 Å². The molecular formula is C14H19NO2S. The molecule has 0 saturated carbocycles. The van der Waals surface area contributed by atoms with Gasteiger partial charge in [-0.2, -0.15) is 11.8 Å². The van der Waals surface area contributed by atoms with Crippen LogP contribution in [-0.4, -0.2) is 30.6 Å². The number of ether oxygens (including phenoxy) is 1. The summed E-state index contributed by atoms with van der Waals surface area (Å²) < 4.78 is 5.32. The lowest BCUT2D eigenvalue weighted by atomic mass is 10.1. The molecule has 3 nitrogen and oxygen atoms in total. The van der Waals surface area contributed by atoms with Crippen molar-refractivity contribution >= 4 is 11.8 Å². The number of aliphatic hydroxyl groups excluding tert-OH is 1. The number of thioether (sulfide) groups is 1. The number of aliphatic hydroxyl groups is 1. The second kappa shape index (κ2) is 8.04. The number of nitrogens with two attached hydrogens (primary N) is 1. The summed E-state index contributed by atoms with van der Waals surface area (Å²) in [5, 5.41) is 9.24. The van der Waals surface area contributed by atoms with Crippen LogP contribution in [0, 0.1) is 11.8 Å². The van der Waals surface area contributed by atoms with Crippen LogP contribution in [0.2, 0.25) is 0 Å². The monoisotopic (exact) mass is 265 g/mol. The molecule has 0 aliphatic heterocycles. The Bertz CT molecular complexity index is 437. The Morgan fingerprint density at radius 2 is 2.28 bits per heavy atom. The lowest BCUT2D eigenvalue weighted by Gasteiger charge is -2.11. The van der Waals surface area contributed by atoms with Gasteiger partial charge in [0.1, 0.15) is 5.75 Å². The lowest BCUT2D eigenvalue weighted by Crippen LogP contribution is -2.03. The van der Waals surface area contributed by atoms with Crippen molar-refractivity contribution in [2.24, 2.45) is 5.73 Å². The topological polar surface area (TPSA) is 55.5 Å². The van der Waals surface area contributed by atoms with E-state index in [0.29, 0.717) is 6.54 Å². The third-order valence-corrected chi connectivity index (χ3v) is 3.59. The van der Waals surface area contributed by atoms with Crippen LogP contribution in [0.3, 0.4) is 0 Å². The van der Waals surface area contributed by atoms with Crippen molar-refractivity contribution < 1.29 is 9.84 Å². The molecule has 1 atom stereocenters. The van der Waals surface area contributed by atoms with Crippen LogP contribution in [0.1, 0.15) is 18.1 Å². The normalized spacial score (nSPS) is 11.6. The van der Waals surface area contributed by atoms with Crippen LogP contribution in [0.4, 0.5) is 0 Å². The Kier molecular flexibility index (Phi) is 6.66. The van der Waals surface area contributed by atoms with E-state index >= 15 is 0 Å². The molecule has 0 aliphatic rings. The second-order valence-corrected chi connectivity index (χ2v) is 5.26. The Hall–Kier alpha value is -1.15. The molecule has 0 fully saturated rings. The zero-order valence-corrected chi connectivity index (χ0v) is 11.6. The van der Waals surface area contributed by atoms with Crippen LogP contribution >= 0.6 is 11.8 Å². The summed E-state index contributed by atoms with van der Waals surface area (Å²) in [7, 11) is 1.66. The summed E-state index contributed by atoms with van der Waals surface area (Å²) in [5.41, 5.74) is 7.38. The maximum Gasteiger partial charge on any atom is 0.122 e. The van der Waals surface area contributed by atoms with Gasteiger partial charge < -0.3 is 15.6 Å². The first-order valence-corrected chi connectivity index (χ1v) is 6.84. The van der Waals surface area contributed by atoms with Gasteiger partial charge in [-0.1, -0.05) is 18.8 Å². The fourth-order valence-electron chi connectivity index (χ4n) is 1.41. The summed E-state index contributed by atoms with van der Waals surface area (Å²) >= 11 is 1.69. The summed E-state index contributed by atoms with van der Waals surface area (Å²) in [6, 6.07) is 5.85. The standard InChI is InChI=1S/C14H19NO2S/c1-11(9-16)18-10-13-8-12(4-3-7-15)5-6-14(13)17-2/h5-6,8,11,16H,7,9-10,15H2,1-2H3. The third kappa shape index (κ3) is 4.61. The molecule has 1 aromatic carbocycles. The van der Waals surface area contributed by atoms with Crippen molar-refractivity contribution in [3.05, 3.63) is 29.3 Å². The first-order chi connectivity index (χ1) is 8.71. The average molecular weight is 265 g/mol. The van der Waals surface area contributed by atoms with Gasteiger partial charge in [-0.15, -0.1) is 0 Å². The SMILES string of the molecule is COc1ccc(C#CCN)cc1CSC(C)CO. The predicted molar refractivity (Wildman–Crippen MR) is 76.8 cm³/mol. The molecule has 1 unspecified atom stereocenters. The number of hydrogen-bond donors (Lipinski definition) is 2. The highest BCUT2D eigenvalue weighted by molar-refractivity contribution is 7.99. The highest BCUT2D eigenvalue weighted by Gasteiger charge is 2.07. The lowest BCUT2D eigenvalue weighted by molar-refractivity contribution is 0.300. The second-order valence-electron chi connectivity index (χ2n) is 3.84. The van der Waals surface area contributed by atoms with Crippen molar-refractivity contribution in [2.45, 2.75) is 17.9 Å². The van der Waals surface area contributed by atoms with Gasteiger partial charge >= 0.3 is 0 Å². The molecule has 98 valence electrons. The smallest absolute Gasteiger partial charge is 0.122 e. The van der Waals surface area contributed by atoms with Gasteiger partial charge in [0.15, 0.2) is 0 Å². The largest absolute Gasteiger partial charge is 0.496 e. The number of rotatable bonds is 5. The molecule has 0 bridgehead atoms. The van der Waals surface area contributed by atoms with Crippen LogP contribution in [-0.2, 0) is 5.75 Å². The third-order valence-electron chi connectivity index (χ3n) is 2.40. The molecule has 4 heteroatoms. The maximum absolute atomic E-state index is 9.02. The van der Waals surface area contributed by atoms with E-state index in [-0.39, 0.29) is 11.9 Å². The highest BCUT2D eigenvalue weighted by Crippen LogP contribution is 2.26. The Morgan fingerprint density at radius 1 is 1.50 bits per heavy atom. The van der Waals surface area contributed by atoms with Crippen LogP contribution < -0.4 is 10.5 Å². The number of hydrogen-bond acceptors (Lipinski definition) is 4. The van der Waals surface area contributed by atoms with Gasteiger partial charge in [0, 0.05) is 22.1 Å². The predicted octanol–water partition coefficient (Wildman–Crippen LogP) is 1.62.